The first-order valence-corrected chi connectivity index (χ1v) is 8.02. The molecule has 112 valence electrons. The molecular formula is C16H32N2O. The Morgan fingerprint density at radius 1 is 1.16 bits per heavy atom. The van der Waals surface area contributed by atoms with Crippen LogP contribution in [-0.4, -0.2) is 43.8 Å². The maximum absolute atomic E-state index is 6.23. The van der Waals surface area contributed by atoms with Gasteiger partial charge < -0.3 is 15.4 Å². The second-order valence-electron chi connectivity index (χ2n) is 7.58. The number of nitrogens with two attached hydrogens (primary N) is 1. The van der Waals surface area contributed by atoms with E-state index in [-0.39, 0.29) is 0 Å². The molecular weight excluding hydrogens is 236 g/mol. The Morgan fingerprint density at radius 2 is 1.95 bits per heavy atom. The summed E-state index contributed by atoms with van der Waals surface area (Å²) >= 11 is 0. The molecule has 2 fully saturated rings. The molecule has 3 nitrogen and oxygen atoms in total. The van der Waals surface area contributed by atoms with Crippen LogP contribution in [0.2, 0.25) is 0 Å². The molecule has 2 N–H and O–H groups in total. The summed E-state index contributed by atoms with van der Waals surface area (Å²) in [6, 6.07) is 0.343. The molecule has 0 saturated carbocycles. The Hall–Kier alpha value is -0.120. The predicted molar refractivity (Wildman–Crippen MR) is 80.1 cm³/mol. The molecule has 0 aromatic carbocycles. The molecule has 2 rings (SSSR count). The lowest BCUT2D eigenvalue weighted by Gasteiger charge is -2.33. The third kappa shape index (κ3) is 4.44. The molecule has 19 heavy (non-hydrogen) atoms. The molecule has 3 atom stereocenters. The third-order valence-corrected chi connectivity index (χ3v) is 5.07. The van der Waals surface area contributed by atoms with Gasteiger partial charge in [-0.25, -0.2) is 0 Å². The minimum absolute atomic E-state index is 0.343. The van der Waals surface area contributed by atoms with Gasteiger partial charge in [-0.2, -0.15) is 0 Å². The van der Waals surface area contributed by atoms with Crippen LogP contribution in [0, 0.1) is 17.3 Å². The smallest absolute Gasteiger partial charge is 0.0521 e. The van der Waals surface area contributed by atoms with Crippen LogP contribution in [0.25, 0.3) is 0 Å². The van der Waals surface area contributed by atoms with Gasteiger partial charge in [-0.05, 0) is 50.1 Å². The predicted octanol–water partition coefficient (Wildman–Crippen LogP) is 2.50. The number of nitrogens with zero attached hydrogens (tertiary/aromatic N) is 1. The lowest BCUT2D eigenvalue weighted by molar-refractivity contribution is 0.0262. The zero-order valence-electron chi connectivity index (χ0n) is 13.0. The highest BCUT2D eigenvalue weighted by molar-refractivity contribution is 4.83. The zero-order valence-corrected chi connectivity index (χ0v) is 13.0. The average molecular weight is 268 g/mol. The van der Waals surface area contributed by atoms with Gasteiger partial charge in [-0.3, -0.25) is 0 Å². The van der Waals surface area contributed by atoms with Crippen LogP contribution in [0.3, 0.4) is 0 Å². The Bertz CT molecular complexity index is 274. The van der Waals surface area contributed by atoms with E-state index < -0.39 is 0 Å². The molecule has 0 aliphatic carbocycles. The second-order valence-corrected chi connectivity index (χ2v) is 7.58. The monoisotopic (exact) mass is 268 g/mol. The maximum Gasteiger partial charge on any atom is 0.0521 e. The van der Waals surface area contributed by atoms with E-state index in [1.165, 1.54) is 32.4 Å². The van der Waals surface area contributed by atoms with Gasteiger partial charge in [0.15, 0.2) is 0 Å². The van der Waals surface area contributed by atoms with Gasteiger partial charge in [0.05, 0.1) is 6.61 Å². The Morgan fingerprint density at radius 3 is 2.63 bits per heavy atom. The SMILES string of the molecule is CC(C)(C)C1CCCN(CC2COCCC2N)CC1. The normalized spacial score (nSPS) is 35.1. The summed E-state index contributed by atoms with van der Waals surface area (Å²) < 4.78 is 5.59. The summed E-state index contributed by atoms with van der Waals surface area (Å²) in [5.74, 6) is 1.41. The van der Waals surface area contributed by atoms with Crippen LogP contribution < -0.4 is 5.73 Å². The highest BCUT2D eigenvalue weighted by Gasteiger charge is 2.29. The van der Waals surface area contributed by atoms with Crippen molar-refractivity contribution in [1.29, 1.82) is 0 Å². The molecule has 0 bridgehead atoms. The van der Waals surface area contributed by atoms with Gasteiger partial charge in [0.25, 0.3) is 0 Å². The van der Waals surface area contributed by atoms with Gasteiger partial charge in [0.2, 0.25) is 0 Å². The van der Waals surface area contributed by atoms with E-state index in [9.17, 15) is 0 Å². The topological polar surface area (TPSA) is 38.5 Å². The molecule has 2 aliphatic heterocycles. The van der Waals surface area contributed by atoms with E-state index in [4.69, 9.17) is 10.5 Å². The molecule has 3 unspecified atom stereocenters. The summed E-state index contributed by atoms with van der Waals surface area (Å²) in [4.78, 5) is 2.63. The molecule has 0 radical (unpaired) electrons. The highest BCUT2D eigenvalue weighted by atomic mass is 16.5. The quantitative estimate of drug-likeness (QED) is 0.836. The van der Waals surface area contributed by atoms with Crippen LogP contribution in [0.15, 0.2) is 0 Å². The minimum atomic E-state index is 0.343. The van der Waals surface area contributed by atoms with Crippen molar-refractivity contribution in [2.24, 2.45) is 23.0 Å². The average Bonchev–Trinajstić information content (AvgIpc) is 2.57. The van der Waals surface area contributed by atoms with Crippen LogP contribution in [0.5, 0.6) is 0 Å². The Balaban J connectivity index is 1.82. The van der Waals surface area contributed by atoms with Gasteiger partial charge >= 0.3 is 0 Å². The Kier molecular flexibility index (Phi) is 5.27. The van der Waals surface area contributed by atoms with Crippen molar-refractivity contribution in [2.45, 2.75) is 52.5 Å². The fourth-order valence-electron chi connectivity index (χ4n) is 3.54. The van der Waals surface area contributed by atoms with E-state index in [1.807, 2.05) is 0 Å². The molecule has 3 heteroatoms. The minimum Gasteiger partial charge on any atom is -0.381 e. The van der Waals surface area contributed by atoms with Gasteiger partial charge in [-0.1, -0.05) is 20.8 Å². The third-order valence-electron chi connectivity index (χ3n) is 5.07. The van der Waals surface area contributed by atoms with Gasteiger partial charge in [0, 0.05) is 25.1 Å². The lowest BCUT2D eigenvalue weighted by atomic mass is 9.77. The number of hydrogen-bond donors (Lipinski definition) is 1. The molecule has 0 amide bonds. The standard InChI is InChI=1S/C16H32N2O/c1-16(2,3)14-5-4-8-18(9-6-14)11-13-12-19-10-7-15(13)17/h13-15H,4-12,17H2,1-3H3. The van der Waals surface area contributed by atoms with Crippen molar-refractivity contribution < 1.29 is 4.74 Å². The van der Waals surface area contributed by atoms with Crippen molar-refractivity contribution in [3.63, 3.8) is 0 Å². The summed E-state index contributed by atoms with van der Waals surface area (Å²) in [7, 11) is 0. The number of rotatable bonds is 2. The van der Waals surface area contributed by atoms with Gasteiger partial charge in [0.1, 0.15) is 0 Å². The fraction of sp³-hybridized carbons (Fsp3) is 1.00. The molecule has 0 aromatic rings. The second kappa shape index (κ2) is 6.55. The number of likely N-dealkylation sites (tertiary alicyclic amines) is 1. The van der Waals surface area contributed by atoms with E-state index in [1.54, 1.807) is 0 Å². The van der Waals surface area contributed by atoms with E-state index in [0.717, 1.165) is 32.1 Å². The van der Waals surface area contributed by atoms with Crippen molar-refractivity contribution in [3.05, 3.63) is 0 Å². The van der Waals surface area contributed by atoms with Crippen molar-refractivity contribution >= 4 is 0 Å². The summed E-state index contributed by atoms with van der Waals surface area (Å²) in [5.41, 5.74) is 6.68. The van der Waals surface area contributed by atoms with Crippen molar-refractivity contribution in [1.82, 2.24) is 4.90 Å². The number of hydrogen-bond acceptors (Lipinski definition) is 3. The molecule has 0 spiro atoms. The van der Waals surface area contributed by atoms with E-state index >= 15 is 0 Å². The lowest BCUT2D eigenvalue weighted by Crippen LogP contribution is -2.45. The first kappa shape index (κ1) is 15.3. The summed E-state index contributed by atoms with van der Waals surface area (Å²) in [6.45, 7) is 12.5. The zero-order chi connectivity index (χ0) is 13.9. The fourth-order valence-corrected chi connectivity index (χ4v) is 3.54. The van der Waals surface area contributed by atoms with E-state index in [2.05, 4.69) is 25.7 Å². The molecule has 2 saturated heterocycles. The molecule has 2 aliphatic rings. The van der Waals surface area contributed by atoms with Crippen LogP contribution in [-0.2, 0) is 4.74 Å². The largest absolute Gasteiger partial charge is 0.381 e. The van der Waals surface area contributed by atoms with Crippen LogP contribution in [0.4, 0.5) is 0 Å². The molecule has 0 aromatic heterocycles. The molecule has 2 heterocycles. The van der Waals surface area contributed by atoms with Crippen LogP contribution in [0.1, 0.15) is 46.5 Å². The number of ether oxygens (including phenoxy) is 1. The van der Waals surface area contributed by atoms with Crippen LogP contribution >= 0.6 is 0 Å². The maximum atomic E-state index is 6.23. The van der Waals surface area contributed by atoms with E-state index in [0.29, 0.717) is 17.4 Å². The first-order valence-electron chi connectivity index (χ1n) is 8.02. The first-order chi connectivity index (χ1) is 8.97. The summed E-state index contributed by atoms with van der Waals surface area (Å²) in [5, 5.41) is 0. The Labute approximate surface area is 118 Å². The highest BCUT2D eigenvalue weighted by Crippen LogP contribution is 2.34. The summed E-state index contributed by atoms with van der Waals surface area (Å²) in [6.07, 6.45) is 5.09. The van der Waals surface area contributed by atoms with Crippen molar-refractivity contribution in [3.8, 4) is 0 Å². The van der Waals surface area contributed by atoms with Crippen molar-refractivity contribution in [2.75, 3.05) is 32.8 Å². The van der Waals surface area contributed by atoms with Gasteiger partial charge in [-0.15, -0.1) is 0 Å².